The molecule has 1 aromatic heterocycles. The predicted octanol–water partition coefficient (Wildman–Crippen LogP) is 4.88. The predicted molar refractivity (Wildman–Crippen MR) is 110 cm³/mol. The molecule has 1 N–H and O–H groups in total. The molecular formula is C22H22ClN3O. The van der Waals surface area contributed by atoms with Gasteiger partial charge >= 0.3 is 0 Å². The molecule has 1 heterocycles. The van der Waals surface area contributed by atoms with E-state index < -0.39 is 0 Å². The van der Waals surface area contributed by atoms with E-state index in [9.17, 15) is 4.79 Å². The highest BCUT2D eigenvalue weighted by molar-refractivity contribution is 6.32. The molecule has 1 aliphatic rings. The Morgan fingerprint density at radius 1 is 1.11 bits per heavy atom. The highest BCUT2D eigenvalue weighted by atomic mass is 35.5. The van der Waals surface area contributed by atoms with E-state index in [2.05, 4.69) is 57.7 Å². The maximum absolute atomic E-state index is 12.4. The van der Waals surface area contributed by atoms with Crippen LogP contribution in [0.2, 0.25) is 5.15 Å². The van der Waals surface area contributed by atoms with Gasteiger partial charge in [0.2, 0.25) is 5.91 Å². The second-order valence-corrected chi connectivity index (χ2v) is 7.34. The summed E-state index contributed by atoms with van der Waals surface area (Å²) in [5.41, 5.74) is 1.88. The second-order valence-electron chi connectivity index (χ2n) is 6.98. The van der Waals surface area contributed by atoms with Gasteiger partial charge in [0.1, 0.15) is 0 Å². The summed E-state index contributed by atoms with van der Waals surface area (Å²) < 4.78 is 0. The number of hydrogen-bond donors (Lipinski definition) is 1. The fraction of sp³-hybridized carbons (Fsp3) is 0.273. The molecular weight excluding hydrogens is 358 g/mol. The van der Waals surface area contributed by atoms with E-state index in [0.29, 0.717) is 23.3 Å². The van der Waals surface area contributed by atoms with Crippen molar-refractivity contribution in [3.8, 4) is 0 Å². The van der Waals surface area contributed by atoms with Crippen molar-refractivity contribution in [1.29, 1.82) is 0 Å². The van der Waals surface area contributed by atoms with Crippen LogP contribution in [0, 0.1) is 0 Å². The number of nitrogens with one attached hydrogen (secondary N) is 1. The van der Waals surface area contributed by atoms with E-state index >= 15 is 0 Å². The topological polar surface area (TPSA) is 45.2 Å². The smallest absolute Gasteiger partial charge is 0.225 e. The number of nitrogens with zero attached hydrogens (tertiary/aromatic N) is 2. The molecule has 2 aromatic carbocycles. The van der Waals surface area contributed by atoms with Crippen LogP contribution in [0.25, 0.3) is 10.8 Å². The number of anilines is 1. The molecule has 4 rings (SSSR count). The fourth-order valence-corrected chi connectivity index (χ4v) is 3.58. The first kappa shape index (κ1) is 18.0. The molecule has 0 atom stereocenters. The zero-order valence-electron chi connectivity index (χ0n) is 15.1. The third-order valence-electron chi connectivity index (χ3n) is 4.98. The van der Waals surface area contributed by atoms with Gasteiger partial charge in [-0.05, 0) is 41.3 Å². The Balaban J connectivity index is 1.41. The van der Waals surface area contributed by atoms with Crippen molar-refractivity contribution in [3.05, 3.63) is 71.5 Å². The lowest BCUT2D eigenvalue weighted by Gasteiger charge is -2.22. The Morgan fingerprint density at radius 2 is 1.93 bits per heavy atom. The van der Waals surface area contributed by atoms with Crippen molar-refractivity contribution in [2.24, 2.45) is 0 Å². The van der Waals surface area contributed by atoms with Gasteiger partial charge in [-0.25, -0.2) is 4.98 Å². The minimum atomic E-state index is -0.0338. The number of amides is 1. The highest BCUT2D eigenvalue weighted by Gasteiger charge is 2.29. The molecule has 0 unspecified atom stereocenters. The third kappa shape index (κ3) is 4.46. The quantitative estimate of drug-likeness (QED) is 0.595. The first-order valence-corrected chi connectivity index (χ1v) is 9.69. The van der Waals surface area contributed by atoms with Crippen LogP contribution in [-0.2, 0) is 11.3 Å². The van der Waals surface area contributed by atoms with Gasteiger partial charge in [0.15, 0.2) is 5.15 Å². The van der Waals surface area contributed by atoms with Crippen molar-refractivity contribution in [2.45, 2.75) is 31.8 Å². The van der Waals surface area contributed by atoms with Gasteiger partial charge in [-0.1, -0.05) is 54.1 Å². The van der Waals surface area contributed by atoms with Gasteiger partial charge in [0.25, 0.3) is 0 Å². The number of carbonyl (C=O) groups is 1. The molecule has 0 bridgehead atoms. The normalized spacial score (nSPS) is 13.9. The summed E-state index contributed by atoms with van der Waals surface area (Å²) in [4.78, 5) is 18.8. The molecule has 1 aliphatic carbocycles. The van der Waals surface area contributed by atoms with Crippen LogP contribution in [0.1, 0.15) is 24.8 Å². The fourth-order valence-electron chi connectivity index (χ4n) is 3.42. The van der Waals surface area contributed by atoms with Crippen molar-refractivity contribution < 1.29 is 4.79 Å². The van der Waals surface area contributed by atoms with Crippen LogP contribution in [0.3, 0.4) is 0 Å². The number of rotatable bonds is 7. The minimum Gasteiger partial charge on any atom is -0.323 e. The Bertz CT molecular complexity index is 950. The van der Waals surface area contributed by atoms with Crippen LogP contribution >= 0.6 is 11.6 Å². The number of pyridine rings is 1. The largest absolute Gasteiger partial charge is 0.323 e. The number of fused-ring (bicyclic) bond motifs is 1. The molecule has 1 amide bonds. The molecule has 5 heteroatoms. The van der Waals surface area contributed by atoms with Gasteiger partial charge in [0.05, 0.1) is 5.69 Å². The Labute approximate surface area is 164 Å². The maximum Gasteiger partial charge on any atom is 0.225 e. The molecule has 1 fully saturated rings. The molecule has 138 valence electrons. The summed E-state index contributed by atoms with van der Waals surface area (Å²) >= 11 is 6.02. The lowest BCUT2D eigenvalue weighted by molar-refractivity contribution is -0.116. The van der Waals surface area contributed by atoms with Gasteiger partial charge in [-0.3, -0.25) is 9.69 Å². The number of carbonyl (C=O) groups excluding carboxylic acids is 1. The van der Waals surface area contributed by atoms with Crippen LogP contribution in [-0.4, -0.2) is 28.4 Å². The lowest BCUT2D eigenvalue weighted by Crippen LogP contribution is -2.29. The molecule has 0 aliphatic heterocycles. The van der Waals surface area contributed by atoms with Crippen LogP contribution in [0.4, 0.5) is 5.69 Å². The third-order valence-corrected chi connectivity index (χ3v) is 5.28. The molecule has 27 heavy (non-hydrogen) atoms. The van der Waals surface area contributed by atoms with Gasteiger partial charge in [-0.2, -0.15) is 0 Å². The van der Waals surface area contributed by atoms with E-state index in [1.807, 2.05) is 0 Å². The number of aromatic nitrogens is 1. The Hall–Kier alpha value is -2.43. The number of benzene rings is 2. The summed E-state index contributed by atoms with van der Waals surface area (Å²) in [6.07, 6.45) is 4.46. The molecule has 3 aromatic rings. The van der Waals surface area contributed by atoms with E-state index in [4.69, 9.17) is 11.6 Å². The molecule has 0 saturated heterocycles. The summed E-state index contributed by atoms with van der Waals surface area (Å²) in [5, 5.41) is 5.73. The highest BCUT2D eigenvalue weighted by Crippen LogP contribution is 2.30. The molecule has 1 saturated carbocycles. The summed E-state index contributed by atoms with van der Waals surface area (Å²) in [6.45, 7) is 1.60. The summed E-state index contributed by atoms with van der Waals surface area (Å²) in [7, 11) is 0. The standard InChI is InChI=1S/C22H22ClN3O/c23-22-20(9-4-13-24-22)25-21(27)12-14-26(18-10-11-18)15-17-7-3-6-16-5-1-2-8-19(16)17/h1-9,13,18H,10-12,14-15H2,(H,25,27). The van der Waals surface area contributed by atoms with Gasteiger partial charge in [-0.15, -0.1) is 0 Å². The van der Waals surface area contributed by atoms with Crippen molar-refractivity contribution >= 4 is 34.0 Å². The zero-order valence-corrected chi connectivity index (χ0v) is 15.8. The lowest BCUT2D eigenvalue weighted by atomic mass is 10.0. The second kappa shape index (κ2) is 8.07. The van der Waals surface area contributed by atoms with E-state index in [-0.39, 0.29) is 5.91 Å². The Morgan fingerprint density at radius 3 is 2.74 bits per heavy atom. The summed E-state index contributed by atoms with van der Waals surface area (Å²) in [6, 6.07) is 19.0. The maximum atomic E-state index is 12.4. The molecule has 4 nitrogen and oxygen atoms in total. The first-order chi connectivity index (χ1) is 13.2. The number of halogens is 1. The van der Waals surface area contributed by atoms with Gasteiger partial charge in [0, 0.05) is 31.7 Å². The van der Waals surface area contributed by atoms with Crippen LogP contribution < -0.4 is 5.32 Å². The monoisotopic (exact) mass is 379 g/mol. The van der Waals surface area contributed by atoms with E-state index in [1.165, 1.54) is 29.2 Å². The van der Waals surface area contributed by atoms with Crippen LogP contribution in [0.5, 0.6) is 0 Å². The Kier molecular flexibility index (Phi) is 5.37. The number of hydrogen-bond acceptors (Lipinski definition) is 3. The average molecular weight is 380 g/mol. The van der Waals surface area contributed by atoms with Crippen LogP contribution in [0.15, 0.2) is 60.8 Å². The SMILES string of the molecule is O=C(CCN(Cc1cccc2ccccc12)C1CC1)Nc1cccnc1Cl. The molecule has 0 radical (unpaired) electrons. The van der Waals surface area contributed by atoms with Crippen molar-refractivity contribution in [2.75, 3.05) is 11.9 Å². The van der Waals surface area contributed by atoms with Crippen molar-refractivity contribution in [3.63, 3.8) is 0 Å². The van der Waals surface area contributed by atoms with Crippen molar-refractivity contribution in [1.82, 2.24) is 9.88 Å². The first-order valence-electron chi connectivity index (χ1n) is 9.32. The van der Waals surface area contributed by atoms with E-state index in [0.717, 1.165) is 13.1 Å². The zero-order chi connectivity index (χ0) is 18.6. The minimum absolute atomic E-state index is 0.0338. The summed E-state index contributed by atoms with van der Waals surface area (Å²) in [5.74, 6) is -0.0338. The van der Waals surface area contributed by atoms with Gasteiger partial charge < -0.3 is 5.32 Å². The van der Waals surface area contributed by atoms with E-state index in [1.54, 1.807) is 18.3 Å². The average Bonchev–Trinajstić information content (AvgIpc) is 3.52. The molecule has 0 spiro atoms.